The van der Waals surface area contributed by atoms with Crippen molar-refractivity contribution in [1.82, 2.24) is 9.80 Å². The first-order valence-electron chi connectivity index (χ1n) is 4.26. The van der Waals surface area contributed by atoms with E-state index < -0.39 is 0 Å². The van der Waals surface area contributed by atoms with E-state index in [0.717, 1.165) is 26.2 Å². The fourth-order valence-corrected chi connectivity index (χ4v) is 1.97. The first-order valence-corrected chi connectivity index (χ1v) is 4.26. The summed E-state index contributed by atoms with van der Waals surface area (Å²) in [5, 5.41) is 8.82. The van der Waals surface area contributed by atoms with Crippen LogP contribution in [0, 0.1) is 11.3 Å². The minimum Gasteiger partial charge on any atom is -0.299 e. The van der Waals surface area contributed by atoms with Gasteiger partial charge < -0.3 is 0 Å². The Morgan fingerprint density at radius 3 is 2.91 bits per heavy atom. The van der Waals surface area contributed by atoms with Crippen molar-refractivity contribution >= 4 is 0 Å². The summed E-state index contributed by atoms with van der Waals surface area (Å²) in [6.07, 6.45) is 1.23. The monoisotopic (exact) mass is 151 g/mol. The van der Waals surface area contributed by atoms with Crippen molar-refractivity contribution in [3.8, 4) is 6.07 Å². The summed E-state index contributed by atoms with van der Waals surface area (Å²) in [6.45, 7) is 5.54. The van der Waals surface area contributed by atoms with Crippen LogP contribution < -0.4 is 0 Å². The van der Waals surface area contributed by atoms with Gasteiger partial charge in [0.15, 0.2) is 0 Å². The Morgan fingerprint density at radius 2 is 2.09 bits per heavy atom. The SMILES string of the molecule is N#CC1CN2CCCN1CC2. The Labute approximate surface area is 67.2 Å². The Kier molecular flexibility index (Phi) is 1.80. The zero-order valence-electron chi connectivity index (χ0n) is 6.66. The van der Waals surface area contributed by atoms with Crippen LogP contribution in [0.5, 0.6) is 0 Å². The van der Waals surface area contributed by atoms with Crippen LogP contribution in [0.3, 0.4) is 0 Å². The molecule has 3 aliphatic rings. The molecule has 11 heavy (non-hydrogen) atoms. The van der Waals surface area contributed by atoms with E-state index in [2.05, 4.69) is 15.9 Å². The predicted octanol–water partition coefficient (Wildman–Crippen LogP) is -0.100. The van der Waals surface area contributed by atoms with Crippen molar-refractivity contribution in [3.05, 3.63) is 0 Å². The number of fused-ring (bicyclic) bond motifs is 4. The molecule has 3 nitrogen and oxygen atoms in total. The van der Waals surface area contributed by atoms with Crippen LogP contribution >= 0.6 is 0 Å². The Morgan fingerprint density at radius 1 is 1.18 bits per heavy atom. The van der Waals surface area contributed by atoms with Crippen molar-refractivity contribution in [1.29, 1.82) is 5.26 Å². The quantitative estimate of drug-likeness (QED) is 0.484. The second-order valence-corrected chi connectivity index (χ2v) is 3.34. The van der Waals surface area contributed by atoms with Gasteiger partial charge in [-0.25, -0.2) is 0 Å². The van der Waals surface area contributed by atoms with E-state index in [-0.39, 0.29) is 6.04 Å². The zero-order chi connectivity index (χ0) is 7.68. The summed E-state index contributed by atoms with van der Waals surface area (Å²) in [5.41, 5.74) is 0. The van der Waals surface area contributed by atoms with Crippen LogP contribution in [0.25, 0.3) is 0 Å². The maximum Gasteiger partial charge on any atom is 0.111 e. The normalized spacial score (nSPS) is 43.0. The highest BCUT2D eigenvalue weighted by Gasteiger charge is 2.28. The fraction of sp³-hybridized carbons (Fsp3) is 0.875. The summed E-state index contributed by atoms with van der Waals surface area (Å²) in [6, 6.07) is 2.53. The van der Waals surface area contributed by atoms with Gasteiger partial charge in [-0.1, -0.05) is 0 Å². The van der Waals surface area contributed by atoms with Crippen molar-refractivity contribution in [3.63, 3.8) is 0 Å². The highest BCUT2D eigenvalue weighted by Crippen LogP contribution is 2.14. The maximum absolute atomic E-state index is 8.82. The predicted molar refractivity (Wildman–Crippen MR) is 42.0 cm³/mol. The van der Waals surface area contributed by atoms with Crippen molar-refractivity contribution in [2.75, 3.05) is 32.7 Å². The molecule has 3 fully saturated rings. The number of nitriles is 1. The molecule has 0 aromatic carbocycles. The number of rotatable bonds is 0. The van der Waals surface area contributed by atoms with E-state index in [1.165, 1.54) is 13.0 Å². The lowest BCUT2D eigenvalue weighted by Gasteiger charge is -2.33. The average Bonchev–Trinajstić information content (AvgIpc) is 2.37. The van der Waals surface area contributed by atoms with Gasteiger partial charge in [-0.3, -0.25) is 9.80 Å². The van der Waals surface area contributed by atoms with Crippen molar-refractivity contribution in [2.24, 2.45) is 0 Å². The fourth-order valence-electron chi connectivity index (χ4n) is 1.97. The topological polar surface area (TPSA) is 30.3 Å². The highest BCUT2D eigenvalue weighted by molar-refractivity contribution is 4.98. The lowest BCUT2D eigenvalue weighted by atomic mass is 10.2. The minimum atomic E-state index is 0.172. The lowest BCUT2D eigenvalue weighted by molar-refractivity contribution is 0.145. The van der Waals surface area contributed by atoms with Crippen LogP contribution in [0.2, 0.25) is 0 Å². The largest absolute Gasteiger partial charge is 0.299 e. The van der Waals surface area contributed by atoms with Gasteiger partial charge in [-0.05, 0) is 13.0 Å². The molecule has 2 bridgehead atoms. The molecule has 0 N–H and O–H groups in total. The zero-order valence-corrected chi connectivity index (χ0v) is 6.66. The lowest BCUT2D eigenvalue weighted by Crippen LogP contribution is -2.49. The third-order valence-corrected chi connectivity index (χ3v) is 2.64. The Hall–Kier alpha value is -0.590. The average molecular weight is 151 g/mol. The summed E-state index contributed by atoms with van der Waals surface area (Å²) >= 11 is 0. The molecule has 3 atom stereocenters. The molecule has 3 heteroatoms. The van der Waals surface area contributed by atoms with Gasteiger partial charge in [0.2, 0.25) is 0 Å². The molecule has 3 heterocycles. The van der Waals surface area contributed by atoms with Crippen LogP contribution in [-0.2, 0) is 0 Å². The second kappa shape index (κ2) is 2.80. The molecule has 3 rings (SSSR count). The summed E-state index contributed by atoms with van der Waals surface area (Å²) in [7, 11) is 0. The van der Waals surface area contributed by atoms with E-state index in [1.54, 1.807) is 0 Å². The molecule has 0 aromatic heterocycles. The number of nitrogens with zero attached hydrogens (tertiary/aromatic N) is 3. The molecule has 0 saturated carbocycles. The Bertz CT molecular complexity index is 180. The third kappa shape index (κ3) is 1.24. The van der Waals surface area contributed by atoms with E-state index in [4.69, 9.17) is 5.26 Å². The van der Waals surface area contributed by atoms with Gasteiger partial charge in [0.25, 0.3) is 0 Å². The number of piperazine rings is 1. The highest BCUT2D eigenvalue weighted by atomic mass is 15.3. The summed E-state index contributed by atoms with van der Waals surface area (Å²) in [5.74, 6) is 0. The van der Waals surface area contributed by atoms with Gasteiger partial charge in [-0.15, -0.1) is 0 Å². The molecule has 3 saturated heterocycles. The number of hydrogen-bond acceptors (Lipinski definition) is 3. The first-order chi connectivity index (χ1) is 5.40. The van der Waals surface area contributed by atoms with Gasteiger partial charge in [0.1, 0.15) is 6.04 Å². The molecule has 0 amide bonds. The van der Waals surface area contributed by atoms with Crippen molar-refractivity contribution < 1.29 is 0 Å². The first kappa shape index (κ1) is 7.08. The number of hydrogen-bond donors (Lipinski definition) is 0. The molecule has 3 unspecified atom stereocenters. The summed E-state index contributed by atoms with van der Waals surface area (Å²) in [4.78, 5) is 4.71. The van der Waals surface area contributed by atoms with E-state index >= 15 is 0 Å². The van der Waals surface area contributed by atoms with Gasteiger partial charge in [-0.2, -0.15) is 5.26 Å². The maximum atomic E-state index is 8.82. The molecule has 60 valence electrons. The van der Waals surface area contributed by atoms with Gasteiger partial charge in [0, 0.05) is 26.2 Å². The van der Waals surface area contributed by atoms with Crippen LogP contribution in [-0.4, -0.2) is 48.6 Å². The minimum absolute atomic E-state index is 0.172. The van der Waals surface area contributed by atoms with E-state index in [1.807, 2.05) is 0 Å². The molecular weight excluding hydrogens is 138 g/mol. The molecular formula is C8H13N3. The van der Waals surface area contributed by atoms with Crippen LogP contribution in [0.1, 0.15) is 6.42 Å². The molecule has 0 radical (unpaired) electrons. The van der Waals surface area contributed by atoms with E-state index in [9.17, 15) is 0 Å². The third-order valence-electron chi connectivity index (χ3n) is 2.64. The van der Waals surface area contributed by atoms with Crippen LogP contribution in [0.4, 0.5) is 0 Å². The molecule has 3 aliphatic heterocycles. The molecule has 0 aliphatic carbocycles. The van der Waals surface area contributed by atoms with Crippen molar-refractivity contribution in [2.45, 2.75) is 12.5 Å². The molecule has 0 aromatic rings. The van der Waals surface area contributed by atoms with Gasteiger partial charge >= 0.3 is 0 Å². The van der Waals surface area contributed by atoms with Crippen LogP contribution in [0.15, 0.2) is 0 Å². The smallest absolute Gasteiger partial charge is 0.111 e. The van der Waals surface area contributed by atoms with Gasteiger partial charge in [0.05, 0.1) is 6.07 Å². The molecule has 0 spiro atoms. The summed E-state index contributed by atoms with van der Waals surface area (Å²) < 4.78 is 0. The second-order valence-electron chi connectivity index (χ2n) is 3.34. The van der Waals surface area contributed by atoms with E-state index in [0.29, 0.717) is 0 Å². The Balaban J connectivity index is 2.11. The standard InChI is InChI=1S/C8H13N3/c9-6-8-7-10-2-1-3-11(8)5-4-10/h8H,1-5,7H2.